The van der Waals surface area contributed by atoms with Gasteiger partial charge >= 0.3 is 0 Å². The Bertz CT molecular complexity index is 3180. The van der Waals surface area contributed by atoms with Gasteiger partial charge in [-0.05, 0) is 74.6 Å². The number of nitrogens with zero attached hydrogens (tertiary/aromatic N) is 1. The second-order valence-corrected chi connectivity index (χ2v) is 14.7. The lowest BCUT2D eigenvalue weighted by atomic mass is 9.98. The van der Waals surface area contributed by atoms with Crippen molar-refractivity contribution in [3.63, 3.8) is 0 Å². The molecule has 11 aromatic rings. The fraction of sp³-hybridized carbons (Fsp3) is 0. The van der Waals surface area contributed by atoms with E-state index < -0.39 is 0 Å². The predicted molar refractivity (Wildman–Crippen MR) is 227 cm³/mol. The third-order valence-corrected chi connectivity index (χ3v) is 11.9. The molecule has 0 bridgehead atoms. The van der Waals surface area contributed by atoms with E-state index in [4.69, 9.17) is 4.42 Å². The van der Waals surface area contributed by atoms with Crippen LogP contribution >= 0.6 is 11.3 Å². The van der Waals surface area contributed by atoms with Crippen LogP contribution in [0.1, 0.15) is 0 Å². The number of fused-ring (bicyclic) bond motifs is 9. The van der Waals surface area contributed by atoms with Crippen LogP contribution in [-0.2, 0) is 0 Å². The van der Waals surface area contributed by atoms with Gasteiger partial charge in [-0.25, -0.2) is 0 Å². The van der Waals surface area contributed by atoms with Gasteiger partial charge in [0.1, 0.15) is 11.2 Å². The third kappa shape index (κ3) is 4.71. The summed E-state index contributed by atoms with van der Waals surface area (Å²) < 4.78 is 9.34. The molecule has 9 aromatic carbocycles. The number of para-hydroxylation sites is 1. The SMILES string of the molecule is c1ccc(-c2ccc(N(c3ccc4c(ccc5ccccc54)c3)c3cccc4c3sc3c(-c5ccccc5)cccc34)c3c2oc2ccccc23)cc1. The van der Waals surface area contributed by atoms with Gasteiger partial charge in [0.2, 0.25) is 0 Å². The molecule has 0 N–H and O–H groups in total. The van der Waals surface area contributed by atoms with E-state index in [1.54, 1.807) is 0 Å². The standard InChI is InChI=1S/C50H31NOS/c1-3-13-32(14-4-1)39-29-30-44(47-43-19-9-10-24-46(43)52-48(39)47)51(36-27-28-38-35(31-36)26-25-34-17-7-8-18-37(34)38)45-23-12-22-42-41-21-11-20-40(49(41)53-50(42)45)33-15-5-2-6-16-33/h1-31H. The fourth-order valence-electron chi connectivity index (χ4n) is 8.22. The largest absolute Gasteiger partial charge is 0.455 e. The smallest absolute Gasteiger partial charge is 0.145 e. The topological polar surface area (TPSA) is 16.4 Å². The van der Waals surface area contributed by atoms with E-state index in [2.05, 4.69) is 193 Å². The molecule has 0 saturated carbocycles. The molecule has 53 heavy (non-hydrogen) atoms. The summed E-state index contributed by atoms with van der Waals surface area (Å²) >= 11 is 1.88. The van der Waals surface area contributed by atoms with Gasteiger partial charge in [-0.1, -0.05) is 152 Å². The second kappa shape index (κ2) is 11.9. The van der Waals surface area contributed by atoms with Crippen molar-refractivity contribution in [1.82, 2.24) is 0 Å². The van der Waals surface area contributed by atoms with Crippen molar-refractivity contribution in [3.05, 3.63) is 188 Å². The first-order chi connectivity index (χ1) is 26.3. The molecule has 248 valence electrons. The minimum absolute atomic E-state index is 0.879. The minimum Gasteiger partial charge on any atom is -0.455 e. The summed E-state index contributed by atoms with van der Waals surface area (Å²) in [6, 6.07) is 67.8. The molecule has 0 aliphatic carbocycles. The van der Waals surface area contributed by atoms with Gasteiger partial charge in [0.15, 0.2) is 0 Å². The Kier molecular flexibility index (Phi) is 6.76. The normalized spacial score (nSPS) is 11.8. The van der Waals surface area contributed by atoms with E-state index in [-0.39, 0.29) is 0 Å². The van der Waals surface area contributed by atoms with E-state index >= 15 is 0 Å². The van der Waals surface area contributed by atoms with Crippen LogP contribution in [-0.4, -0.2) is 0 Å². The van der Waals surface area contributed by atoms with Crippen molar-refractivity contribution in [2.45, 2.75) is 0 Å². The van der Waals surface area contributed by atoms with Crippen molar-refractivity contribution in [2.75, 3.05) is 4.90 Å². The quantitative estimate of drug-likeness (QED) is 0.167. The van der Waals surface area contributed by atoms with Crippen LogP contribution < -0.4 is 4.90 Å². The lowest BCUT2D eigenvalue weighted by molar-refractivity contribution is 0.670. The Hall–Kier alpha value is -6.68. The van der Waals surface area contributed by atoms with E-state index in [0.717, 1.165) is 50.1 Å². The lowest BCUT2D eigenvalue weighted by Gasteiger charge is -2.27. The summed E-state index contributed by atoms with van der Waals surface area (Å²) in [5, 5.41) is 9.69. The molecule has 2 nitrogen and oxygen atoms in total. The van der Waals surface area contributed by atoms with Crippen LogP contribution in [0.5, 0.6) is 0 Å². The van der Waals surface area contributed by atoms with Crippen molar-refractivity contribution in [1.29, 1.82) is 0 Å². The van der Waals surface area contributed by atoms with Crippen molar-refractivity contribution >= 4 is 92.1 Å². The molecule has 11 rings (SSSR count). The predicted octanol–water partition coefficient (Wildman–Crippen LogP) is 15.1. The van der Waals surface area contributed by atoms with Gasteiger partial charge < -0.3 is 9.32 Å². The molecule has 0 atom stereocenters. The maximum atomic E-state index is 6.80. The third-order valence-electron chi connectivity index (χ3n) is 10.6. The summed E-state index contributed by atoms with van der Waals surface area (Å²) in [7, 11) is 0. The molecule has 0 amide bonds. The molecule has 3 heteroatoms. The van der Waals surface area contributed by atoms with Gasteiger partial charge in [0, 0.05) is 32.1 Å². The zero-order valence-corrected chi connectivity index (χ0v) is 29.5. The van der Waals surface area contributed by atoms with Crippen molar-refractivity contribution < 1.29 is 4.42 Å². The highest BCUT2D eigenvalue weighted by molar-refractivity contribution is 7.27. The highest BCUT2D eigenvalue weighted by Crippen LogP contribution is 2.51. The summed E-state index contributed by atoms with van der Waals surface area (Å²) in [5.41, 5.74) is 9.79. The van der Waals surface area contributed by atoms with E-state index in [1.807, 2.05) is 11.3 Å². The molecule has 0 radical (unpaired) electrons. The monoisotopic (exact) mass is 693 g/mol. The average Bonchev–Trinajstić information content (AvgIpc) is 3.81. The van der Waals surface area contributed by atoms with E-state index in [9.17, 15) is 0 Å². The van der Waals surface area contributed by atoms with Crippen LogP contribution in [0.2, 0.25) is 0 Å². The summed E-state index contributed by atoms with van der Waals surface area (Å²) in [5.74, 6) is 0. The van der Waals surface area contributed by atoms with Gasteiger partial charge in [-0.15, -0.1) is 11.3 Å². The van der Waals surface area contributed by atoms with Crippen LogP contribution in [0.4, 0.5) is 17.1 Å². The number of hydrogen-bond acceptors (Lipinski definition) is 3. The molecule has 0 saturated heterocycles. The fourth-order valence-corrected chi connectivity index (χ4v) is 9.56. The summed E-state index contributed by atoms with van der Waals surface area (Å²) in [4.78, 5) is 2.47. The maximum Gasteiger partial charge on any atom is 0.145 e. The Morgan fingerprint density at radius 2 is 1.04 bits per heavy atom. The molecule has 2 aromatic heterocycles. The van der Waals surface area contributed by atoms with Gasteiger partial charge in [-0.3, -0.25) is 0 Å². The van der Waals surface area contributed by atoms with Crippen LogP contribution in [0.15, 0.2) is 192 Å². The maximum absolute atomic E-state index is 6.80. The Balaban J connectivity index is 1.24. The van der Waals surface area contributed by atoms with Crippen LogP contribution in [0.3, 0.4) is 0 Å². The van der Waals surface area contributed by atoms with Gasteiger partial charge in [-0.2, -0.15) is 0 Å². The van der Waals surface area contributed by atoms with Gasteiger partial charge in [0.25, 0.3) is 0 Å². The number of thiophene rings is 1. The number of benzene rings is 9. The van der Waals surface area contributed by atoms with Crippen LogP contribution in [0.25, 0.3) is 85.9 Å². The minimum atomic E-state index is 0.879. The number of anilines is 3. The first kappa shape index (κ1) is 30.0. The summed E-state index contributed by atoms with van der Waals surface area (Å²) in [6.45, 7) is 0. The Labute approximate surface area is 310 Å². The van der Waals surface area contributed by atoms with Crippen molar-refractivity contribution in [2.24, 2.45) is 0 Å². The number of rotatable bonds is 5. The lowest BCUT2D eigenvalue weighted by Crippen LogP contribution is -2.10. The molecule has 0 unspecified atom stereocenters. The first-order valence-electron chi connectivity index (χ1n) is 18.0. The average molecular weight is 694 g/mol. The zero-order valence-electron chi connectivity index (χ0n) is 28.7. The molecule has 2 heterocycles. The highest BCUT2D eigenvalue weighted by atomic mass is 32.1. The van der Waals surface area contributed by atoms with Crippen molar-refractivity contribution in [3.8, 4) is 22.3 Å². The van der Waals surface area contributed by atoms with E-state index in [0.29, 0.717) is 0 Å². The zero-order chi connectivity index (χ0) is 34.9. The molecule has 0 aliphatic heterocycles. The molecule has 0 fully saturated rings. The first-order valence-corrected chi connectivity index (χ1v) is 18.8. The Morgan fingerprint density at radius 1 is 0.396 bits per heavy atom. The molecule has 0 aliphatic rings. The molecule has 0 spiro atoms. The van der Waals surface area contributed by atoms with Gasteiger partial charge in [0.05, 0.1) is 21.5 Å². The summed E-state index contributed by atoms with van der Waals surface area (Å²) in [6.07, 6.45) is 0. The van der Waals surface area contributed by atoms with Crippen LogP contribution in [0, 0.1) is 0 Å². The molecular formula is C50H31NOS. The number of hydrogen-bond donors (Lipinski definition) is 0. The highest BCUT2D eigenvalue weighted by Gasteiger charge is 2.25. The Morgan fingerprint density at radius 3 is 1.87 bits per heavy atom. The molecular weight excluding hydrogens is 663 g/mol. The van der Waals surface area contributed by atoms with E-state index in [1.165, 1.54) is 52.8 Å². The number of furan rings is 1. The second-order valence-electron chi connectivity index (χ2n) is 13.6.